The van der Waals surface area contributed by atoms with E-state index in [2.05, 4.69) is 20.1 Å². The van der Waals surface area contributed by atoms with Gasteiger partial charge in [0.2, 0.25) is 5.91 Å². The first-order chi connectivity index (χ1) is 11.6. The third kappa shape index (κ3) is 4.76. The highest BCUT2D eigenvalue weighted by atomic mass is 16.7. The number of nitrogens with zero attached hydrogens (tertiary/aromatic N) is 3. The summed E-state index contributed by atoms with van der Waals surface area (Å²) in [5, 5.41) is 54.9. The van der Waals surface area contributed by atoms with Crippen LogP contribution in [0, 0.1) is 0 Å². The second-order valence-corrected chi connectivity index (χ2v) is 5.46. The smallest absolute Gasteiger partial charge is 0.366 e. The highest BCUT2D eigenvalue weighted by Crippen LogP contribution is 2.31. The summed E-state index contributed by atoms with van der Waals surface area (Å²) in [5.41, 5.74) is 8.25. The first-order valence-corrected chi connectivity index (χ1v) is 7.09. The fourth-order valence-corrected chi connectivity index (χ4v) is 2.45. The lowest BCUT2D eigenvalue weighted by molar-refractivity contribution is -0.297. The largest absolute Gasteiger partial charge is 0.465 e. The molecule has 1 amide bonds. The normalized spacial score (nSPS) is 32.7. The molecule has 13 nitrogen and oxygen atoms in total. The predicted octanol–water partition coefficient (Wildman–Crippen LogP) is -3.15. The fraction of sp³-hybridized carbons (Fsp3) is 0.833. The topological polar surface area (TPSA) is 215 Å². The van der Waals surface area contributed by atoms with E-state index < -0.39 is 60.8 Å². The Hall–Kier alpha value is -1.99. The summed E-state index contributed by atoms with van der Waals surface area (Å²) in [6, 6.07) is -1.36. The zero-order valence-corrected chi connectivity index (χ0v) is 13.4. The van der Waals surface area contributed by atoms with Crippen LogP contribution >= 0.6 is 0 Å². The van der Waals surface area contributed by atoms with Gasteiger partial charge >= 0.3 is 5.97 Å². The van der Waals surface area contributed by atoms with Gasteiger partial charge in [-0.3, -0.25) is 4.79 Å². The average Bonchev–Trinajstić information content (AvgIpc) is 2.54. The van der Waals surface area contributed by atoms with Gasteiger partial charge < -0.3 is 40.3 Å². The lowest BCUT2D eigenvalue weighted by atomic mass is 9.88. The van der Waals surface area contributed by atoms with Gasteiger partial charge in [-0.25, -0.2) is 4.79 Å². The second kappa shape index (κ2) is 8.40. The van der Waals surface area contributed by atoms with Crippen LogP contribution in [-0.4, -0.2) is 87.0 Å². The molecule has 6 N–H and O–H groups in total. The van der Waals surface area contributed by atoms with Crippen LogP contribution in [0.5, 0.6) is 0 Å². The molecule has 1 saturated heterocycles. The summed E-state index contributed by atoms with van der Waals surface area (Å²) >= 11 is 0. The Morgan fingerprint density at radius 2 is 2.04 bits per heavy atom. The molecule has 13 heteroatoms. The summed E-state index contributed by atoms with van der Waals surface area (Å²) in [6.45, 7) is 1.10. The molecule has 0 aromatic heterocycles. The van der Waals surface area contributed by atoms with E-state index in [9.17, 15) is 35.1 Å². The van der Waals surface area contributed by atoms with Gasteiger partial charge in [0.05, 0.1) is 19.3 Å². The van der Waals surface area contributed by atoms with Crippen LogP contribution in [0.25, 0.3) is 10.4 Å². The van der Waals surface area contributed by atoms with Crippen molar-refractivity contribution in [1.29, 1.82) is 0 Å². The summed E-state index contributed by atoms with van der Waals surface area (Å²) in [7, 11) is 0.946. The van der Waals surface area contributed by atoms with Crippen molar-refractivity contribution in [2.24, 2.45) is 5.11 Å². The number of ether oxygens (including phenoxy) is 2. The number of azide groups is 1. The van der Waals surface area contributed by atoms with Crippen molar-refractivity contribution < 1.29 is 44.6 Å². The highest BCUT2D eigenvalue weighted by molar-refractivity contribution is 5.78. The standard InChI is InChI=1S/C12H20N4O9/c1-4(17)14-6-5(18)3-12(23,11(22)24-2)25-9(6)7(19)8(20)10(21)15-16-13/h5-10,18-21,23H,3H2,1-2H3,(H,14,17)/t5-,6+,7+,8-,9+,10?,12?/m0/s1. The average molecular weight is 364 g/mol. The molecule has 1 aliphatic heterocycles. The first kappa shape index (κ1) is 21.1. The van der Waals surface area contributed by atoms with Gasteiger partial charge in [0, 0.05) is 18.3 Å². The number of carbonyl (C=O) groups excluding carboxylic acids is 2. The molecule has 1 fully saturated rings. The Balaban J connectivity index is 3.17. The van der Waals surface area contributed by atoms with Crippen molar-refractivity contribution in [2.75, 3.05) is 7.11 Å². The second-order valence-electron chi connectivity index (χ2n) is 5.46. The van der Waals surface area contributed by atoms with E-state index in [4.69, 9.17) is 10.3 Å². The highest BCUT2D eigenvalue weighted by Gasteiger charge is 2.54. The number of carbonyl (C=O) groups is 2. The number of aliphatic hydroxyl groups excluding tert-OH is 4. The number of hydrogen-bond acceptors (Lipinski definition) is 10. The van der Waals surface area contributed by atoms with Crippen molar-refractivity contribution >= 4 is 11.9 Å². The molecule has 0 aromatic rings. The van der Waals surface area contributed by atoms with Crippen LogP contribution in [-0.2, 0) is 19.1 Å². The van der Waals surface area contributed by atoms with E-state index >= 15 is 0 Å². The number of hydrogen-bond donors (Lipinski definition) is 6. The molecule has 1 aliphatic rings. The van der Waals surface area contributed by atoms with Gasteiger partial charge in [0.1, 0.15) is 18.3 Å². The van der Waals surface area contributed by atoms with Crippen LogP contribution in [0.15, 0.2) is 5.11 Å². The summed E-state index contributed by atoms with van der Waals surface area (Å²) in [4.78, 5) is 25.2. The minimum Gasteiger partial charge on any atom is -0.465 e. The minimum absolute atomic E-state index is 0.640. The quantitative estimate of drug-likeness (QED) is 0.121. The summed E-state index contributed by atoms with van der Waals surface area (Å²) in [6.07, 6.45) is -10.3. The van der Waals surface area contributed by atoms with Gasteiger partial charge in [-0.05, 0) is 5.53 Å². The first-order valence-electron chi connectivity index (χ1n) is 7.09. The van der Waals surface area contributed by atoms with Crippen molar-refractivity contribution in [2.45, 2.75) is 55.8 Å². The molecule has 0 spiro atoms. The van der Waals surface area contributed by atoms with E-state index in [1.165, 1.54) is 0 Å². The Kier molecular flexibility index (Phi) is 7.07. The van der Waals surface area contributed by atoms with Crippen molar-refractivity contribution in [3.63, 3.8) is 0 Å². The molecule has 0 aromatic carbocycles. The SMILES string of the molecule is COC(=O)C1(O)C[C@H](O)[C@@H](NC(C)=O)[C@H]([C@H](O)[C@H](O)C(O)N=[N+]=[N-])O1. The van der Waals surface area contributed by atoms with Gasteiger partial charge in [0.25, 0.3) is 5.79 Å². The van der Waals surface area contributed by atoms with E-state index in [1.54, 1.807) is 0 Å². The molecule has 0 saturated carbocycles. The number of rotatable bonds is 6. The number of nitrogens with one attached hydrogen (secondary N) is 1. The van der Waals surface area contributed by atoms with Gasteiger partial charge in [-0.15, -0.1) is 0 Å². The van der Waals surface area contributed by atoms with Crippen LogP contribution in [0.2, 0.25) is 0 Å². The monoisotopic (exact) mass is 364 g/mol. The molecule has 2 unspecified atom stereocenters. The molecule has 142 valence electrons. The number of methoxy groups -OCH3 is 1. The number of amides is 1. The molecule has 0 radical (unpaired) electrons. The van der Waals surface area contributed by atoms with Gasteiger partial charge in [-0.1, -0.05) is 5.11 Å². The van der Waals surface area contributed by atoms with Crippen LogP contribution in [0.1, 0.15) is 13.3 Å². The zero-order chi connectivity index (χ0) is 19.4. The van der Waals surface area contributed by atoms with E-state index in [-0.39, 0.29) is 0 Å². The van der Waals surface area contributed by atoms with Crippen LogP contribution in [0.4, 0.5) is 0 Å². The third-order valence-corrected chi connectivity index (χ3v) is 3.62. The molecular weight excluding hydrogens is 344 g/mol. The lowest BCUT2D eigenvalue weighted by Gasteiger charge is -2.45. The van der Waals surface area contributed by atoms with Crippen LogP contribution in [0.3, 0.4) is 0 Å². The Labute approximate surface area is 141 Å². The van der Waals surface area contributed by atoms with Crippen molar-refractivity contribution in [3.05, 3.63) is 10.4 Å². The Bertz CT molecular complexity index is 555. The lowest BCUT2D eigenvalue weighted by Crippen LogP contribution is -2.67. The maximum absolute atomic E-state index is 11.7. The third-order valence-electron chi connectivity index (χ3n) is 3.62. The van der Waals surface area contributed by atoms with E-state index in [1.807, 2.05) is 0 Å². The minimum atomic E-state index is -2.67. The van der Waals surface area contributed by atoms with Crippen molar-refractivity contribution in [3.8, 4) is 0 Å². The molecule has 25 heavy (non-hydrogen) atoms. The van der Waals surface area contributed by atoms with Crippen molar-refractivity contribution in [1.82, 2.24) is 5.32 Å². The Morgan fingerprint density at radius 1 is 1.44 bits per heavy atom. The molecule has 0 bridgehead atoms. The number of aliphatic hydroxyl groups is 5. The predicted molar refractivity (Wildman–Crippen MR) is 77.2 cm³/mol. The molecule has 7 atom stereocenters. The maximum atomic E-state index is 11.7. The summed E-state index contributed by atoms with van der Waals surface area (Å²) < 4.78 is 9.43. The zero-order valence-electron chi connectivity index (χ0n) is 13.4. The summed E-state index contributed by atoms with van der Waals surface area (Å²) in [5.74, 6) is -4.59. The van der Waals surface area contributed by atoms with E-state index in [0.29, 0.717) is 0 Å². The molecular formula is C12H20N4O9. The molecule has 0 aliphatic carbocycles. The maximum Gasteiger partial charge on any atom is 0.366 e. The molecule has 1 heterocycles. The van der Waals surface area contributed by atoms with Gasteiger partial charge in [-0.2, -0.15) is 0 Å². The Morgan fingerprint density at radius 3 is 2.52 bits per heavy atom. The number of esters is 1. The van der Waals surface area contributed by atoms with E-state index in [0.717, 1.165) is 14.0 Å². The van der Waals surface area contributed by atoms with Gasteiger partial charge in [0.15, 0.2) is 6.23 Å². The van der Waals surface area contributed by atoms with Crippen LogP contribution < -0.4 is 5.32 Å². The molecule has 1 rings (SSSR count). The fourth-order valence-electron chi connectivity index (χ4n) is 2.45.